The van der Waals surface area contributed by atoms with E-state index in [0.717, 1.165) is 11.1 Å². The summed E-state index contributed by atoms with van der Waals surface area (Å²) in [6, 6.07) is 11.0. The van der Waals surface area contributed by atoms with Gasteiger partial charge in [0, 0.05) is 16.7 Å². The van der Waals surface area contributed by atoms with E-state index in [1.807, 2.05) is 18.2 Å². The van der Waals surface area contributed by atoms with Crippen LogP contribution < -0.4 is 14.4 Å². The number of hydrogen-bond acceptors (Lipinski definition) is 6. The van der Waals surface area contributed by atoms with Crippen molar-refractivity contribution in [3.8, 4) is 28.7 Å². The molecule has 28 heavy (non-hydrogen) atoms. The largest absolute Gasteiger partial charge is 0.507 e. The van der Waals surface area contributed by atoms with Crippen LogP contribution in [0.25, 0.3) is 11.5 Å². The highest BCUT2D eigenvalue weighted by atomic mass is 35.5. The van der Waals surface area contributed by atoms with Crippen LogP contribution in [-0.4, -0.2) is 28.1 Å². The summed E-state index contributed by atoms with van der Waals surface area (Å²) in [6.07, 6.45) is 0. The molecule has 2 heterocycles. The average molecular weight is 403 g/mol. The molecular formula is C20H21ClN3O4+. The minimum absolute atomic E-state index is 0.175. The van der Waals surface area contributed by atoms with Gasteiger partial charge < -0.3 is 23.9 Å². The van der Waals surface area contributed by atoms with Crippen LogP contribution in [0.15, 0.2) is 40.8 Å². The lowest BCUT2D eigenvalue weighted by atomic mass is 10.1. The molecule has 1 aliphatic rings. The Morgan fingerprint density at radius 1 is 1.07 bits per heavy atom. The number of nitrogens with zero attached hydrogens (tertiary/aromatic N) is 2. The van der Waals surface area contributed by atoms with Gasteiger partial charge in [-0.15, -0.1) is 10.2 Å². The quantitative estimate of drug-likeness (QED) is 0.659. The first-order chi connectivity index (χ1) is 13.5. The van der Waals surface area contributed by atoms with Gasteiger partial charge in [0.1, 0.15) is 12.3 Å². The first-order valence-corrected chi connectivity index (χ1v) is 9.42. The monoisotopic (exact) mass is 402 g/mol. The van der Waals surface area contributed by atoms with E-state index < -0.39 is 0 Å². The maximum absolute atomic E-state index is 10.3. The third-order valence-corrected chi connectivity index (χ3v) is 5.00. The summed E-state index contributed by atoms with van der Waals surface area (Å²) >= 11 is 5.93. The van der Waals surface area contributed by atoms with Crippen molar-refractivity contribution in [2.75, 3.05) is 6.79 Å². The Bertz CT molecular complexity index is 972. The fraction of sp³-hybridized carbons (Fsp3) is 0.300. The lowest BCUT2D eigenvalue weighted by molar-refractivity contribution is -0.949. The highest BCUT2D eigenvalue weighted by Crippen LogP contribution is 2.37. The molecule has 0 fully saturated rings. The van der Waals surface area contributed by atoms with Crippen molar-refractivity contribution in [3.63, 3.8) is 0 Å². The van der Waals surface area contributed by atoms with Gasteiger partial charge in [-0.3, -0.25) is 0 Å². The van der Waals surface area contributed by atoms with E-state index in [0.29, 0.717) is 41.4 Å². The smallest absolute Gasteiger partial charge is 0.271 e. The van der Waals surface area contributed by atoms with Gasteiger partial charge in [0.15, 0.2) is 18.0 Å². The number of phenols is 1. The van der Waals surface area contributed by atoms with Crippen molar-refractivity contribution in [1.29, 1.82) is 0 Å². The van der Waals surface area contributed by atoms with Gasteiger partial charge >= 0.3 is 0 Å². The van der Waals surface area contributed by atoms with Crippen LogP contribution in [0.2, 0.25) is 5.02 Å². The summed E-state index contributed by atoms with van der Waals surface area (Å²) in [6.45, 7) is 5.51. The zero-order valence-electron chi connectivity index (χ0n) is 15.6. The highest BCUT2D eigenvalue weighted by Gasteiger charge is 2.23. The van der Waals surface area contributed by atoms with Crippen LogP contribution in [0, 0.1) is 0 Å². The highest BCUT2D eigenvalue weighted by molar-refractivity contribution is 6.30. The summed E-state index contributed by atoms with van der Waals surface area (Å²) in [5.41, 5.74) is 1.60. The van der Waals surface area contributed by atoms with Gasteiger partial charge in [0.2, 0.25) is 12.7 Å². The van der Waals surface area contributed by atoms with E-state index in [2.05, 4.69) is 24.0 Å². The maximum atomic E-state index is 10.3. The molecule has 1 aliphatic heterocycles. The fourth-order valence-corrected chi connectivity index (χ4v) is 3.18. The number of fused-ring (bicyclic) bond motifs is 1. The van der Waals surface area contributed by atoms with Gasteiger partial charge in [-0.25, -0.2) is 0 Å². The molecule has 1 atom stereocenters. The topological polar surface area (TPSA) is 82.1 Å². The Hall–Kier alpha value is -2.77. The zero-order valence-corrected chi connectivity index (χ0v) is 16.4. The number of nitrogens with one attached hydrogen (secondary N) is 1. The molecule has 0 amide bonds. The van der Waals surface area contributed by atoms with E-state index in [9.17, 15) is 5.11 Å². The SMILES string of the molecule is CC(C)[NH+](Cc1nnc(-c2ccc(Cl)cc2)o1)Cc1cc2c(cc1O)OCO2. The standard InChI is InChI=1S/C20H20ClN3O4/c1-12(2)24(9-14-7-17-18(8-16(14)25)27-11-26-17)10-19-22-23-20(28-19)13-3-5-15(21)6-4-13/h3-8,12,25H,9-11H2,1-2H3/p+1. The molecule has 0 radical (unpaired) electrons. The van der Waals surface area contributed by atoms with E-state index in [4.69, 9.17) is 25.5 Å². The Morgan fingerprint density at radius 2 is 1.79 bits per heavy atom. The van der Waals surface area contributed by atoms with Crippen LogP contribution in [0.3, 0.4) is 0 Å². The molecule has 0 saturated carbocycles. The number of aromatic nitrogens is 2. The van der Waals surface area contributed by atoms with Gasteiger partial charge in [-0.05, 0) is 44.2 Å². The molecule has 0 bridgehead atoms. The summed E-state index contributed by atoms with van der Waals surface area (Å²) in [5.74, 6) is 2.40. The Labute approximate surface area is 167 Å². The Morgan fingerprint density at radius 3 is 2.50 bits per heavy atom. The maximum Gasteiger partial charge on any atom is 0.271 e. The molecule has 4 rings (SSSR count). The summed E-state index contributed by atoms with van der Waals surface area (Å²) in [7, 11) is 0. The van der Waals surface area contributed by atoms with E-state index >= 15 is 0 Å². The first-order valence-electron chi connectivity index (χ1n) is 9.04. The molecule has 0 saturated heterocycles. The second-order valence-corrected chi connectivity index (χ2v) is 7.44. The van der Waals surface area contributed by atoms with Crippen molar-refractivity contribution in [2.24, 2.45) is 0 Å². The third-order valence-electron chi connectivity index (χ3n) is 4.74. The average Bonchev–Trinajstić information content (AvgIpc) is 3.31. The van der Waals surface area contributed by atoms with Crippen LogP contribution in [0.4, 0.5) is 0 Å². The molecule has 1 unspecified atom stereocenters. The number of ether oxygens (including phenoxy) is 2. The Balaban J connectivity index is 1.51. The fourth-order valence-electron chi connectivity index (χ4n) is 3.06. The number of quaternary nitrogens is 1. The van der Waals surface area contributed by atoms with Gasteiger partial charge in [0.05, 0.1) is 11.6 Å². The van der Waals surface area contributed by atoms with Crippen molar-refractivity contribution >= 4 is 11.6 Å². The predicted molar refractivity (Wildman–Crippen MR) is 102 cm³/mol. The van der Waals surface area contributed by atoms with Gasteiger partial charge in [-0.1, -0.05) is 11.6 Å². The predicted octanol–water partition coefficient (Wildman–Crippen LogP) is 2.82. The number of rotatable bonds is 6. The van der Waals surface area contributed by atoms with Crippen LogP contribution in [0.1, 0.15) is 25.3 Å². The lowest BCUT2D eigenvalue weighted by Crippen LogP contribution is -3.12. The minimum atomic E-state index is 0.175. The number of benzene rings is 2. The summed E-state index contributed by atoms with van der Waals surface area (Å²) in [5, 5.41) is 19.3. The molecule has 0 spiro atoms. The van der Waals surface area contributed by atoms with Crippen molar-refractivity contribution in [2.45, 2.75) is 33.0 Å². The van der Waals surface area contributed by atoms with E-state index in [1.165, 1.54) is 4.90 Å². The molecule has 3 aromatic rings. The number of hydrogen-bond donors (Lipinski definition) is 2. The molecule has 146 valence electrons. The normalized spacial score (nSPS) is 13.9. The summed E-state index contributed by atoms with van der Waals surface area (Å²) in [4.78, 5) is 1.17. The molecular weight excluding hydrogens is 382 g/mol. The molecule has 1 aromatic heterocycles. The lowest BCUT2D eigenvalue weighted by Gasteiger charge is -2.22. The molecule has 8 heteroatoms. The molecule has 0 aliphatic carbocycles. The van der Waals surface area contributed by atoms with E-state index in [1.54, 1.807) is 18.2 Å². The number of aromatic hydroxyl groups is 1. The molecule has 2 aromatic carbocycles. The molecule has 2 N–H and O–H groups in total. The minimum Gasteiger partial charge on any atom is -0.507 e. The van der Waals surface area contributed by atoms with Crippen LogP contribution in [-0.2, 0) is 13.1 Å². The number of halogens is 1. The molecule has 7 nitrogen and oxygen atoms in total. The number of phenolic OH excluding ortho intramolecular Hbond substituents is 1. The van der Waals surface area contributed by atoms with Crippen molar-refractivity contribution in [3.05, 3.63) is 52.9 Å². The van der Waals surface area contributed by atoms with Crippen LogP contribution >= 0.6 is 11.6 Å². The second kappa shape index (κ2) is 7.69. The van der Waals surface area contributed by atoms with Crippen molar-refractivity contribution < 1.29 is 23.9 Å². The summed E-state index contributed by atoms with van der Waals surface area (Å²) < 4.78 is 16.6. The van der Waals surface area contributed by atoms with Gasteiger partial charge in [-0.2, -0.15) is 0 Å². The Kier molecular flexibility index (Phi) is 5.11. The zero-order chi connectivity index (χ0) is 19.7. The second-order valence-electron chi connectivity index (χ2n) is 7.01. The van der Waals surface area contributed by atoms with Crippen LogP contribution in [0.5, 0.6) is 17.2 Å². The third kappa shape index (κ3) is 3.90. The van der Waals surface area contributed by atoms with E-state index in [-0.39, 0.29) is 18.6 Å². The van der Waals surface area contributed by atoms with Crippen molar-refractivity contribution in [1.82, 2.24) is 10.2 Å². The van der Waals surface area contributed by atoms with Gasteiger partial charge in [0.25, 0.3) is 5.89 Å². The first kappa shape index (κ1) is 18.6.